The summed E-state index contributed by atoms with van der Waals surface area (Å²) in [5, 5.41) is 6.89. The Morgan fingerprint density at radius 2 is 1.94 bits per heavy atom. The molecule has 1 unspecified atom stereocenters. The number of rotatable bonds is 6. The Morgan fingerprint density at radius 3 is 2.52 bits per heavy atom. The number of Topliss-reactive ketones (excluding diaryl/α,β-unsaturated/α-hetero) is 1. The van der Waals surface area contributed by atoms with Gasteiger partial charge in [0.25, 0.3) is 6.47 Å². The lowest BCUT2D eigenvalue weighted by Crippen LogP contribution is -2.55. The Labute approximate surface area is 185 Å². The predicted octanol–water partition coefficient (Wildman–Crippen LogP) is 5.54. The largest absolute Gasteiger partial charge is 0.483 e. The lowest BCUT2D eigenvalue weighted by atomic mass is 9.76. The number of ketones is 1. The van der Waals surface area contributed by atoms with E-state index in [1.807, 2.05) is 13.0 Å². The monoisotopic (exact) mass is 423 g/mol. The van der Waals surface area contributed by atoms with E-state index in [1.165, 1.54) is 11.3 Å². The number of allylic oxidation sites excluding steroid dienone is 5. The molecule has 0 saturated carbocycles. The standard InChI is InChI=1S/C25H31NO2.CH2O2/c1-7-9-14-22(27)19(8-2)17-23-18(3)15-16-25(28-23)24(4,5)20-12-10-11-13-21(20)26(25)6;2-1-3/h8,10-13,15-17H,2,7,9,14H2,1,3-6H3;1H,(H,2,3)/b19-17+;. The van der Waals surface area contributed by atoms with Crippen molar-refractivity contribution in [3.8, 4) is 0 Å². The number of likely N-dealkylation sites (N-methyl/N-ethyl adjacent to an activating group) is 1. The Balaban J connectivity index is 0.00000107. The van der Waals surface area contributed by atoms with Gasteiger partial charge in [-0.05, 0) is 56.5 Å². The molecule has 31 heavy (non-hydrogen) atoms. The Morgan fingerprint density at radius 1 is 1.29 bits per heavy atom. The Hall–Kier alpha value is -3.08. The predicted molar refractivity (Wildman–Crippen MR) is 125 cm³/mol. The van der Waals surface area contributed by atoms with E-state index < -0.39 is 5.72 Å². The van der Waals surface area contributed by atoms with E-state index in [9.17, 15) is 4.79 Å². The topological polar surface area (TPSA) is 66.8 Å². The van der Waals surface area contributed by atoms with Gasteiger partial charge in [-0.1, -0.05) is 50.3 Å². The lowest BCUT2D eigenvalue weighted by Gasteiger charge is -2.46. The van der Waals surface area contributed by atoms with Gasteiger partial charge in [0.05, 0.1) is 5.41 Å². The third kappa shape index (κ3) is 4.36. The fourth-order valence-electron chi connectivity index (χ4n) is 4.22. The molecule has 1 atom stereocenters. The molecular weight excluding hydrogens is 390 g/mol. The highest BCUT2D eigenvalue weighted by atomic mass is 16.5. The van der Waals surface area contributed by atoms with Crippen LogP contribution in [0, 0.1) is 0 Å². The molecule has 2 aliphatic heterocycles. The highest BCUT2D eigenvalue weighted by Gasteiger charge is 2.57. The van der Waals surface area contributed by atoms with E-state index in [4.69, 9.17) is 14.6 Å². The number of fused-ring (bicyclic) bond motifs is 1. The smallest absolute Gasteiger partial charge is 0.290 e. The molecule has 0 saturated heterocycles. The molecule has 166 valence electrons. The molecule has 0 fully saturated rings. The molecule has 1 spiro atoms. The van der Waals surface area contributed by atoms with Crippen molar-refractivity contribution in [2.75, 3.05) is 11.9 Å². The zero-order valence-electron chi connectivity index (χ0n) is 19.1. The first-order valence-corrected chi connectivity index (χ1v) is 10.6. The maximum atomic E-state index is 12.6. The van der Waals surface area contributed by atoms with Crippen molar-refractivity contribution in [3.05, 3.63) is 77.6 Å². The van der Waals surface area contributed by atoms with Crippen molar-refractivity contribution in [2.45, 2.75) is 58.1 Å². The quantitative estimate of drug-likeness (QED) is 0.369. The summed E-state index contributed by atoms with van der Waals surface area (Å²) in [4.78, 5) is 23.1. The van der Waals surface area contributed by atoms with Crippen molar-refractivity contribution in [1.29, 1.82) is 0 Å². The summed E-state index contributed by atoms with van der Waals surface area (Å²) >= 11 is 0. The maximum absolute atomic E-state index is 12.6. The second-order valence-corrected chi connectivity index (χ2v) is 8.32. The maximum Gasteiger partial charge on any atom is 0.290 e. The van der Waals surface area contributed by atoms with Crippen LogP contribution in [0.3, 0.4) is 0 Å². The summed E-state index contributed by atoms with van der Waals surface area (Å²) in [6.07, 6.45) is 10.2. The van der Waals surface area contributed by atoms with Crippen LogP contribution in [0.25, 0.3) is 0 Å². The molecular formula is C26H33NO4. The average molecular weight is 424 g/mol. The molecule has 2 heterocycles. The van der Waals surface area contributed by atoms with Gasteiger partial charge < -0.3 is 14.7 Å². The summed E-state index contributed by atoms with van der Waals surface area (Å²) in [5.74, 6) is 0.849. The minimum absolute atomic E-state index is 0.117. The fraction of sp³-hybridized carbons (Fsp3) is 0.385. The van der Waals surface area contributed by atoms with Gasteiger partial charge in [0, 0.05) is 24.7 Å². The number of carbonyl (C=O) groups excluding carboxylic acids is 1. The molecule has 1 aromatic carbocycles. The number of benzene rings is 1. The Bertz CT molecular complexity index is 938. The van der Waals surface area contributed by atoms with Gasteiger partial charge >= 0.3 is 0 Å². The second-order valence-electron chi connectivity index (χ2n) is 8.32. The molecule has 0 aliphatic carbocycles. The number of hydrogen-bond donors (Lipinski definition) is 1. The number of hydrogen-bond acceptors (Lipinski definition) is 4. The van der Waals surface area contributed by atoms with Crippen LogP contribution in [-0.4, -0.2) is 30.1 Å². The number of ether oxygens (including phenoxy) is 1. The van der Waals surface area contributed by atoms with Crippen LogP contribution in [0.2, 0.25) is 0 Å². The third-order valence-corrected chi connectivity index (χ3v) is 6.13. The van der Waals surface area contributed by atoms with Crippen LogP contribution < -0.4 is 4.90 Å². The van der Waals surface area contributed by atoms with E-state index in [1.54, 1.807) is 6.08 Å². The lowest BCUT2D eigenvalue weighted by molar-refractivity contribution is -0.123. The van der Waals surface area contributed by atoms with Crippen molar-refractivity contribution in [1.82, 2.24) is 0 Å². The van der Waals surface area contributed by atoms with Crippen molar-refractivity contribution >= 4 is 17.9 Å². The van der Waals surface area contributed by atoms with E-state index in [-0.39, 0.29) is 17.7 Å². The molecule has 0 amide bonds. The molecule has 1 N–H and O–H groups in total. The van der Waals surface area contributed by atoms with Gasteiger partial charge in [-0.3, -0.25) is 9.59 Å². The van der Waals surface area contributed by atoms with E-state index in [0.29, 0.717) is 12.0 Å². The first kappa shape index (κ1) is 24.2. The number of anilines is 1. The average Bonchev–Trinajstić information content (AvgIpc) is 2.91. The number of nitrogens with zero attached hydrogens (tertiary/aromatic N) is 1. The van der Waals surface area contributed by atoms with Crippen LogP contribution >= 0.6 is 0 Å². The van der Waals surface area contributed by atoms with E-state index in [2.05, 4.69) is 75.7 Å². The molecule has 2 aliphatic rings. The molecule has 5 nitrogen and oxygen atoms in total. The summed E-state index contributed by atoms with van der Waals surface area (Å²) in [6.45, 7) is 12.1. The molecule has 3 rings (SSSR count). The molecule has 0 bridgehead atoms. The van der Waals surface area contributed by atoms with Crippen LogP contribution in [-0.2, 0) is 19.7 Å². The van der Waals surface area contributed by atoms with Crippen LogP contribution in [0.5, 0.6) is 0 Å². The van der Waals surface area contributed by atoms with Gasteiger partial charge in [0.15, 0.2) is 5.78 Å². The molecule has 1 aromatic rings. The number of carbonyl (C=O) groups is 2. The van der Waals surface area contributed by atoms with Crippen LogP contribution in [0.4, 0.5) is 5.69 Å². The van der Waals surface area contributed by atoms with Crippen molar-refractivity contribution in [2.24, 2.45) is 0 Å². The number of unbranched alkanes of at least 4 members (excludes halogenated alkanes) is 1. The Kier molecular flexibility index (Phi) is 7.66. The summed E-state index contributed by atoms with van der Waals surface area (Å²) in [6, 6.07) is 8.43. The highest BCUT2D eigenvalue weighted by Crippen LogP contribution is 2.54. The molecule has 5 heteroatoms. The van der Waals surface area contributed by atoms with Crippen LogP contribution in [0.15, 0.2) is 72.1 Å². The van der Waals surface area contributed by atoms with Crippen molar-refractivity contribution in [3.63, 3.8) is 0 Å². The number of para-hydroxylation sites is 1. The fourth-order valence-corrected chi connectivity index (χ4v) is 4.22. The first-order chi connectivity index (χ1) is 14.7. The third-order valence-electron chi connectivity index (χ3n) is 6.13. The summed E-state index contributed by atoms with van der Waals surface area (Å²) in [5.41, 5.74) is 3.16. The molecule has 0 aromatic heterocycles. The van der Waals surface area contributed by atoms with Gasteiger partial charge in [0.2, 0.25) is 5.72 Å². The zero-order chi connectivity index (χ0) is 23.2. The second kappa shape index (κ2) is 9.82. The minimum atomic E-state index is -0.638. The van der Waals surface area contributed by atoms with Crippen LogP contribution in [0.1, 0.15) is 52.5 Å². The van der Waals surface area contributed by atoms with Gasteiger partial charge in [-0.15, -0.1) is 0 Å². The first-order valence-electron chi connectivity index (χ1n) is 10.6. The van der Waals surface area contributed by atoms with E-state index in [0.717, 1.165) is 24.2 Å². The van der Waals surface area contributed by atoms with E-state index >= 15 is 0 Å². The van der Waals surface area contributed by atoms with Gasteiger partial charge in [0.1, 0.15) is 5.76 Å². The van der Waals surface area contributed by atoms with Gasteiger partial charge in [-0.2, -0.15) is 0 Å². The van der Waals surface area contributed by atoms with Crippen molar-refractivity contribution < 1.29 is 19.4 Å². The summed E-state index contributed by atoms with van der Waals surface area (Å²) in [7, 11) is 2.07. The summed E-state index contributed by atoms with van der Waals surface area (Å²) < 4.78 is 6.69. The SMILES string of the molecule is C=C/C(=C\C1=C(C)C=CC2(O1)N(C)c1ccccc1C2(C)C)C(=O)CCCC.O=CO. The van der Waals surface area contributed by atoms with Gasteiger partial charge in [-0.25, -0.2) is 0 Å². The zero-order valence-corrected chi connectivity index (χ0v) is 19.1. The number of carboxylic acid groups (broad SMARTS) is 1. The molecule has 0 radical (unpaired) electrons. The minimum Gasteiger partial charge on any atom is -0.483 e. The highest BCUT2D eigenvalue weighted by molar-refractivity contribution is 5.98. The normalized spacial score (nSPS) is 21.2.